The van der Waals surface area contributed by atoms with Crippen LogP contribution in [-0.2, 0) is 4.74 Å². The van der Waals surface area contributed by atoms with Gasteiger partial charge in [0.1, 0.15) is 0 Å². The van der Waals surface area contributed by atoms with Gasteiger partial charge in [-0.25, -0.2) is 4.74 Å². The quantitative estimate of drug-likeness (QED) is 0.556. The van der Waals surface area contributed by atoms with Crippen molar-refractivity contribution in [2.75, 3.05) is 0 Å². The van der Waals surface area contributed by atoms with E-state index in [1.54, 1.807) is 31.9 Å². The van der Waals surface area contributed by atoms with Crippen LogP contribution in [0.15, 0.2) is 0 Å². The summed E-state index contributed by atoms with van der Waals surface area (Å²) in [6, 6.07) is 0. The summed E-state index contributed by atoms with van der Waals surface area (Å²) in [5, 5.41) is -8.00. The van der Waals surface area contributed by atoms with Crippen LogP contribution in [0.1, 0.15) is 0 Å². The second kappa shape index (κ2) is 2.71. The summed E-state index contributed by atoms with van der Waals surface area (Å²) < 4.78 is 48.4. The van der Waals surface area contributed by atoms with Crippen LogP contribution in [-0.4, -0.2) is 10.0 Å². The van der Waals surface area contributed by atoms with Gasteiger partial charge in [0.05, 0.1) is 0 Å². The maximum absolute atomic E-state index is 11.4. The smallest absolute Gasteiger partial charge is 0.236 e. The summed E-state index contributed by atoms with van der Waals surface area (Å²) in [4.78, 5) is 0. The number of hydrogen-bond acceptors (Lipinski definition) is 1. The van der Waals surface area contributed by atoms with Crippen molar-refractivity contribution in [1.29, 1.82) is 0 Å². The number of hydrogen-bond donors (Lipinski definition) is 0. The van der Waals surface area contributed by atoms with Gasteiger partial charge < -0.3 is 0 Å². The highest BCUT2D eigenvalue weighted by Gasteiger charge is 2.39. The predicted octanol–water partition coefficient (Wildman–Crippen LogP) is 2.89. The topological polar surface area (TPSA) is 9.23 Å². The van der Waals surface area contributed by atoms with Crippen molar-refractivity contribution in [2.24, 2.45) is 0 Å². The van der Waals surface area contributed by atoms with E-state index in [-0.39, 0.29) is 0 Å². The zero-order valence-corrected chi connectivity index (χ0v) is 6.85. The summed E-state index contributed by atoms with van der Waals surface area (Å²) in [6.45, 7) is 0. The molecule has 0 aromatic carbocycles. The minimum atomic E-state index is -4.00. The van der Waals surface area contributed by atoms with E-state index in [1.807, 2.05) is 0 Å². The number of rotatable bonds is 2. The number of halogens is 6. The molecule has 0 N–H and O–H groups in total. The molecule has 0 aromatic heterocycles. The van der Waals surface area contributed by atoms with Gasteiger partial charge in [-0.1, -0.05) is 0 Å². The Hall–Kier alpha value is 0.640. The lowest BCUT2D eigenvalue weighted by Gasteiger charge is -2.12. The molecule has 0 fully saturated rings. The molecule has 56 valence electrons. The van der Waals surface area contributed by atoms with E-state index in [2.05, 4.69) is 4.74 Å². The second-order valence-corrected chi connectivity index (χ2v) is 2.84. The van der Waals surface area contributed by atoms with Crippen LogP contribution >= 0.6 is 31.9 Å². The summed E-state index contributed by atoms with van der Waals surface area (Å²) in [6.07, 6.45) is 0. The molecule has 1 nitrogen and oxygen atoms in total. The van der Waals surface area contributed by atoms with Crippen LogP contribution < -0.4 is 0 Å². The van der Waals surface area contributed by atoms with Gasteiger partial charge in [0.2, 0.25) is 0 Å². The first-order valence-electron chi connectivity index (χ1n) is 1.54. The van der Waals surface area contributed by atoms with Crippen molar-refractivity contribution >= 4 is 31.9 Å². The highest BCUT2D eigenvalue weighted by atomic mass is 79.9. The van der Waals surface area contributed by atoms with Crippen molar-refractivity contribution in [3.8, 4) is 0 Å². The van der Waals surface area contributed by atoms with Crippen LogP contribution in [0.3, 0.4) is 0 Å². The fourth-order valence-electron chi connectivity index (χ4n) is 0.131. The molecule has 0 atom stereocenters. The minimum Gasteiger partial charge on any atom is -0.236 e. The molecule has 0 spiro atoms. The predicted molar refractivity (Wildman–Crippen MR) is 28.8 cm³/mol. The Labute approximate surface area is 64.6 Å². The first kappa shape index (κ1) is 9.64. The molecule has 0 aliphatic heterocycles. The number of ether oxygens (including phenoxy) is 1. The first-order chi connectivity index (χ1) is 3.71. The van der Waals surface area contributed by atoms with E-state index in [1.165, 1.54) is 0 Å². The zero-order chi connectivity index (χ0) is 7.71. The molecule has 0 aliphatic carbocycles. The molecule has 0 rings (SSSR count). The van der Waals surface area contributed by atoms with E-state index in [0.29, 0.717) is 0 Å². The average Bonchev–Trinajstić information content (AvgIpc) is 1.14. The normalized spacial score (nSPS) is 14.0. The van der Waals surface area contributed by atoms with Gasteiger partial charge in [-0.2, -0.15) is 17.6 Å². The fourth-order valence-corrected chi connectivity index (χ4v) is 0.755. The molecule has 7 heteroatoms. The van der Waals surface area contributed by atoms with Gasteiger partial charge in [-0.15, -0.1) is 0 Å². The Morgan fingerprint density at radius 3 is 1.11 bits per heavy atom. The van der Waals surface area contributed by atoms with Gasteiger partial charge in [0, 0.05) is 31.9 Å². The van der Waals surface area contributed by atoms with Gasteiger partial charge in [-0.05, 0) is 0 Å². The summed E-state index contributed by atoms with van der Waals surface area (Å²) in [5.74, 6) is 0. The van der Waals surface area contributed by atoms with Crippen LogP contribution in [0.25, 0.3) is 0 Å². The van der Waals surface area contributed by atoms with Crippen molar-refractivity contribution in [3.05, 3.63) is 0 Å². The second-order valence-electron chi connectivity index (χ2n) is 0.994. The third kappa shape index (κ3) is 8.64. The molecule has 0 bridgehead atoms. The highest BCUT2D eigenvalue weighted by Crippen LogP contribution is 2.34. The maximum Gasteiger partial charge on any atom is 0.419 e. The SMILES string of the molecule is FC(F)(Br)OC(F)(F)Br. The summed E-state index contributed by atoms with van der Waals surface area (Å²) in [7, 11) is 0. The van der Waals surface area contributed by atoms with E-state index in [0.717, 1.165) is 0 Å². The molecule has 0 unspecified atom stereocenters. The minimum absolute atomic E-state index is 1.55. The van der Waals surface area contributed by atoms with E-state index in [4.69, 9.17) is 0 Å². The Kier molecular flexibility index (Phi) is 2.90. The lowest BCUT2D eigenvalue weighted by atomic mass is 11.3. The van der Waals surface area contributed by atoms with Crippen LogP contribution in [0, 0.1) is 0 Å². The Morgan fingerprint density at radius 2 is 1.11 bits per heavy atom. The fraction of sp³-hybridized carbons (Fsp3) is 1.00. The Balaban J connectivity index is 3.75. The molecule has 0 heterocycles. The average molecular weight is 276 g/mol. The zero-order valence-electron chi connectivity index (χ0n) is 3.68. The van der Waals surface area contributed by atoms with E-state index in [9.17, 15) is 17.6 Å². The van der Waals surface area contributed by atoms with E-state index >= 15 is 0 Å². The van der Waals surface area contributed by atoms with Crippen molar-refractivity contribution in [3.63, 3.8) is 0 Å². The standard InChI is InChI=1S/C2Br2F4O/c3-1(5,6)9-2(4,7)8. The largest absolute Gasteiger partial charge is 0.419 e. The van der Waals surface area contributed by atoms with Gasteiger partial charge in [0.25, 0.3) is 0 Å². The summed E-state index contributed by atoms with van der Waals surface area (Å²) in [5.41, 5.74) is 0. The van der Waals surface area contributed by atoms with E-state index < -0.39 is 10.0 Å². The molecule has 9 heavy (non-hydrogen) atoms. The molecule has 0 saturated carbocycles. The molecular weight excluding hydrogens is 276 g/mol. The maximum atomic E-state index is 11.4. The molecule has 0 aromatic rings. The summed E-state index contributed by atoms with van der Waals surface area (Å²) >= 11 is 3.10. The molecular formula is C2Br2F4O. The van der Waals surface area contributed by atoms with Gasteiger partial charge in [-0.3, -0.25) is 0 Å². The third-order valence-electron chi connectivity index (χ3n) is 0.231. The number of alkyl halides is 6. The lowest BCUT2D eigenvalue weighted by Crippen LogP contribution is -2.22. The van der Waals surface area contributed by atoms with Gasteiger partial charge >= 0.3 is 10.0 Å². The highest BCUT2D eigenvalue weighted by molar-refractivity contribution is 9.10. The molecule has 0 aliphatic rings. The monoisotopic (exact) mass is 274 g/mol. The van der Waals surface area contributed by atoms with Crippen LogP contribution in [0.5, 0.6) is 0 Å². The third-order valence-corrected chi connectivity index (χ3v) is 0.555. The van der Waals surface area contributed by atoms with Gasteiger partial charge in [0.15, 0.2) is 0 Å². The molecule has 0 radical (unpaired) electrons. The van der Waals surface area contributed by atoms with Crippen molar-refractivity contribution in [1.82, 2.24) is 0 Å². The lowest BCUT2D eigenvalue weighted by molar-refractivity contribution is -0.279. The van der Waals surface area contributed by atoms with Crippen LogP contribution in [0.2, 0.25) is 0 Å². The Morgan fingerprint density at radius 1 is 0.889 bits per heavy atom. The van der Waals surface area contributed by atoms with Crippen molar-refractivity contribution in [2.45, 2.75) is 10.0 Å². The molecule has 0 amide bonds. The van der Waals surface area contributed by atoms with Crippen LogP contribution in [0.4, 0.5) is 17.6 Å². The molecule has 0 saturated heterocycles. The Bertz CT molecular complexity index is 81.7. The first-order valence-corrected chi connectivity index (χ1v) is 3.13. The van der Waals surface area contributed by atoms with Crippen molar-refractivity contribution < 1.29 is 22.3 Å².